The number of pyridine rings is 1. The van der Waals surface area contributed by atoms with Crippen molar-refractivity contribution in [2.24, 2.45) is 0 Å². The zero-order chi connectivity index (χ0) is 15.2. The van der Waals surface area contributed by atoms with Crippen LogP contribution in [0, 0.1) is 0 Å². The molecule has 1 aromatic heterocycles. The van der Waals surface area contributed by atoms with Gasteiger partial charge in [-0.25, -0.2) is 4.98 Å². The quantitative estimate of drug-likeness (QED) is 0.767. The van der Waals surface area contributed by atoms with Crippen molar-refractivity contribution in [2.75, 3.05) is 51.3 Å². The van der Waals surface area contributed by atoms with Crippen LogP contribution in [0.3, 0.4) is 0 Å². The van der Waals surface area contributed by atoms with Crippen molar-refractivity contribution in [3.8, 4) is 0 Å². The minimum Gasteiger partial charge on any atom is -0.379 e. The lowest BCUT2D eigenvalue weighted by molar-refractivity contribution is 0.0372. The predicted molar refractivity (Wildman–Crippen MR) is 91.5 cm³/mol. The van der Waals surface area contributed by atoms with Gasteiger partial charge in [-0.1, -0.05) is 24.3 Å². The summed E-state index contributed by atoms with van der Waals surface area (Å²) in [6, 6.07) is 10.5. The van der Waals surface area contributed by atoms with Crippen LogP contribution in [-0.2, 0) is 4.74 Å². The van der Waals surface area contributed by atoms with Gasteiger partial charge < -0.3 is 9.64 Å². The van der Waals surface area contributed by atoms with Gasteiger partial charge in [0.05, 0.1) is 13.2 Å². The molecule has 4 nitrogen and oxygen atoms in total. The summed E-state index contributed by atoms with van der Waals surface area (Å²) in [4.78, 5) is 9.35. The van der Waals surface area contributed by atoms with Crippen LogP contribution in [-0.4, -0.2) is 56.3 Å². The van der Waals surface area contributed by atoms with Crippen molar-refractivity contribution in [3.63, 3.8) is 0 Å². The molecule has 118 valence electrons. The molecule has 0 aliphatic carbocycles. The van der Waals surface area contributed by atoms with E-state index in [4.69, 9.17) is 4.74 Å². The van der Waals surface area contributed by atoms with Crippen molar-refractivity contribution in [1.29, 1.82) is 0 Å². The third-order valence-electron chi connectivity index (χ3n) is 4.34. The Labute approximate surface area is 132 Å². The summed E-state index contributed by atoms with van der Waals surface area (Å²) in [5.74, 6) is 1.09. The molecule has 0 atom stereocenters. The van der Waals surface area contributed by atoms with E-state index < -0.39 is 0 Å². The Bertz CT molecular complexity index is 590. The molecule has 0 amide bonds. The number of rotatable bonds is 6. The summed E-state index contributed by atoms with van der Waals surface area (Å²) < 4.78 is 5.38. The molecule has 0 saturated carbocycles. The Kier molecular flexibility index (Phi) is 5.24. The Morgan fingerprint density at radius 2 is 1.95 bits per heavy atom. The topological polar surface area (TPSA) is 28.6 Å². The summed E-state index contributed by atoms with van der Waals surface area (Å²) in [7, 11) is 2.14. The minimum absolute atomic E-state index is 0.889. The molecule has 2 aromatic rings. The van der Waals surface area contributed by atoms with Crippen LogP contribution < -0.4 is 4.90 Å². The Balaban J connectivity index is 1.51. The summed E-state index contributed by atoms with van der Waals surface area (Å²) in [6.45, 7) is 6.17. The smallest absolute Gasteiger partial charge is 0.136 e. The van der Waals surface area contributed by atoms with Crippen LogP contribution in [0.25, 0.3) is 10.8 Å². The Morgan fingerprint density at radius 3 is 2.82 bits per heavy atom. The Morgan fingerprint density at radius 1 is 1.14 bits per heavy atom. The van der Waals surface area contributed by atoms with Crippen LogP contribution in [0.2, 0.25) is 0 Å². The molecule has 1 aliphatic rings. The summed E-state index contributed by atoms with van der Waals surface area (Å²) in [5.41, 5.74) is 0. The van der Waals surface area contributed by atoms with Crippen molar-refractivity contribution >= 4 is 16.6 Å². The first kappa shape index (κ1) is 15.3. The second-order valence-electron chi connectivity index (χ2n) is 5.94. The van der Waals surface area contributed by atoms with Gasteiger partial charge in [0.15, 0.2) is 0 Å². The highest BCUT2D eigenvalue weighted by Gasteiger charge is 2.10. The van der Waals surface area contributed by atoms with E-state index in [9.17, 15) is 0 Å². The van der Waals surface area contributed by atoms with E-state index in [1.807, 2.05) is 6.20 Å². The first-order valence-electron chi connectivity index (χ1n) is 8.19. The third-order valence-corrected chi connectivity index (χ3v) is 4.34. The molecule has 0 N–H and O–H groups in total. The van der Waals surface area contributed by atoms with E-state index in [1.165, 1.54) is 30.2 Å². The van der Waals surface area contributed by atoms with E-state index in [2.05, 4.69) is 52.2 Å². The molecular weight excluding hydrogens is 274 g/mol. The molecular formula is C18H25N3O. The fourth-order valence-corrected chi connectivity index (χ4v) is 3.02. The lowest BCUT2D eigenvalue weighted by atomic mass is 10.1. The van der Waals surface area contributed by atoms with Gasteiger partial charge in [-0.05, 0) is 30.8 Å². The summed E-state index contributed by atoms with van der Waals surface area (Å²) in [5, 5.41) is 2.49. The molecule has 3 rings (SSSR count). The number of unbranched alkanes of at least 4 members (excludes halogenated alkanes) is 1. The lowest BCUT2D eigenvalue weighted by Crippen LogP contribution is -2.37. The Hall–Kier alpha value is -1.65. The molecule has 0 bridgehead atoms. The van der Waals surface area contributed by atoms with E-state index in [0.29, 0.717) is 0 Å². The van der Waals surface area contributed by atoms with Crippen molar-refractivity contribution in [2.45, 2.75) is 12.8 Å². The highest BCUT2D eigenvalue weighted by molar-refractivity contribution is 5.91. The standard InChI is InChI=1S/C18H25N3O/c1-20(10-4-5-11-21-12-14-22-15-13-21)18-17-7-3-2-6-16(17)8-9-19-18/h2-3,6-9H,4-5,10-15H2,1H3. The molecule has 2 heterocycles. The number of aromatic nitrogens is 1. The van der Waals surface area contributed by atoms with Crippen molar-refractivity contribution in [3.05, 3.63) is 36.5 Å². The molecule has 22 heavy (non-hydrogen) atoms. The van der Waals surface area contributed by atoms with Crippen molar-refractivity contribution in [1.82, 2.24) is 9.88 Å². The van der Waals surface area contributed by atoms with Gasteiger partial charge in [0.1, 0.15) is 5.82 Å². The summed E-state index contributed by atoms with van der Waals surface area (Å²) in [6.07, 6.45) is 4.33. The first-order valence-corrected chi connectivity index (χ1v) is 8.19. The average Bonchev–Trinajstić information content (AvgIpc) is 2.59. The number of anilines is 1. The maximum Gasteiger partial charge on any atom is 0.136 e. The van der Waals surface area contributed by atoms with Crippen LogP contribution >= 0.6 is 0 Å². The fourth-order valence-electron chi connectivity index (χ4n) is 3.02. The monoisotopic (exact) mass is 299 g/mol. The second kappa shape index (κ2) is 7.56. The van der Waals surface area contributed by atoms with Gasteiger partial charge in [0.25, 0.3) is 0 Å². The molecule has 0 radical (unpaired) electrons. The SMILES string of the molecule is CN(CCCCN1CCOCC1)c1nccc2ccccc12. The molecule has 1 aliphatic heterocycles. The van der Waals surface area contributed by atoms with Gasteiger partial charge >= 0.3 is 0 Å². The summed E-state index contributed by atoms with van der Waals surface area (Å²) >= 11 is 0. The largest absolute Gasteiger partial charge is 0.379 e. The molecule has 1 saturated heterocycles. The maximum absolute atomic E-state index is 5.38. The van der Waals surface area contributed by atoms with Crippen LogP contribution in [0.15, 0.2) is 36.5 Å². The van der Waals surface area contributed by atoms with Crippen molar-refractivity contribution < 1.29 is 4.74 Å². The van der Waals surface area contributed by atoms with Crippen LogP contribution in [0.1, 0.15) is 12.8 Å². The number of fused-ring (bicyclic) bond motifs is 1. The van der Waals surface area contributed by atoms with E-state index in [1.54, 1.807) is 0 Å². The molecule has 1 fully saturated rings. The first-order chi connectivity index (χ1) is 10.8. The van der Waals surface area contributed by atoms with Gasteiger partial charge in [0, 0.05) is 38.3 Å². The number of ether oxygens (including phenoxy) is 1. The fraction of sp³-hybridized carbons (Fsp3) is 0.500. The van der Waals surface area contributed by atoms with Crippen LogP contribution in [0.4, 0.5) is 5.82 Å². The van der Waals surface area contributed by atoms with Crippen LogP contribution in [0.5, 0.6) is 0 Å². The molecule has 0 spiro atoms. The number of benzene rings is 1. The second-order valence-corrected chi connectivity index (χ2v) is 5.94. The molecule has 4 heteroatoms. The van der Waals surface area contributed by atoms with E-state index >= 15 is 0 Å². The zero-order valence-electron chi connectivity index (χ0n) is 13.4. The van der Waals surface area contributed by atoms with E-state index in [0.717, 1.165) is 38.7 Å². The number of hydrogen-bond acceptors (Lipinski definition) is 4. The third kappa shape index (κ3) is 3.76. The lowest BCUT2D eigenvalue weighted by Gasteiger charge is -2.27. The number of nitrogens with zero attached hydrogens (tertiary/aromatic N) is 3. The zero-order valence-corrected chi connectivity index (χ0v) is 13.4. The van der Waals surface area contributed by atoms with Gasteiger partial charge in [0.2, 0.25) is 0 Å². The minimum atomic E-state index is 0.889. The molecule has 1 aromatic carbocycles. The van der Waals surface area contributed by atoms with Gasteiger partial charge in [-0.3, -0.25) is 4.90 Å². The number of morpholine rings is 1. The highest BCUT2D eigenvalue weighted by Crippen LogP contribution is 2.23. The predicted octanol–water partition coefficient (Wildman–Crippen LogP) is 2.78. The van der Waals surface area contributed by atoms with E-state index in [-0.39, 0.29) is 0 Å². The molecule has 0 unspecified atom stereocenters. The normalized spacial score (nSPS) is 16.0. The van der Waals surface area contributed by atoms with Gasteiger partial charge in [-0.2, -0.15) is 0 Å². The highest BCUT2D eigenvalue weighted by atomic mass is 16.5. The van der Waals surface area contributed by atoms with Gasteiger partial charge in [-0.15, -0.1) is 0 Å². The number of hydrogen-bond donors (Lipinski definition) is 0. The maximum atomic E-state index is 5.38. The average molecular weight is 299 g/mol.